The summed E-state index contributed by atoms with van der Waals surface area (Å²) < 4.78 is 28.9. The molecule has 38 heavy (non-hydrogen) atoms. The number of hydrogen-bond donors (Lipinski definition) is 1. The fourth-order valence-electron chi connectivity index (χ4n) is 4.09. The monoisotopic (exact) mass is 535 g/mol. The lowest BCUT2D eigenvalue weighted by molar-refractivity contribution is -0.139. The molecule has 0 aliphatic rings. The molecule has 0 bridgehead atoms. The number of aryl methyl sites for hydroxylation is 3. The SMILES string of the molecule is CCCNC(=O)C(C)N(Cc1ccc(C)cc1)C(=O)CN(c1cc(C)ccc1C)S(=O)(=O)c1ccccc1. The Labute approximate surface area is 226 Å². The highest BCUT2D eigenvalue weighted by molar-refractivity contribution is 7.92. The summed E-state index contributed by atoms with van der Waals surface area (Å²) >= 11 is 0. The number of anilines is 1. The number of nitrogens with one attached hydrogen (secondary N) is 1. The number of carbonyl (C=O) groups excluding carboxylic acids is 2. The van der Waals surface area contributed by atoms with Crippen LogP contribution in [0.1, 0.15) is 42.5 Å². The van der Waals surface area contributed by atoms with Gasteiger partial charge in [0.05, 0.1) is 10.6 Å². The standard InChI is InChI=1S/C30H37N3O4S/c1-6-18-31-30(35)25(5)32(20-26-16-13-22(2)14-17-26)29(34)21-33(28-19-23(3)12-15-24(28)4)38(36,37)27-10-8-7-9-11-27/h7-17,19,25H,6,18,20-21H2,1-5H3,(H,31,35). The average Bonchev–Trinajstić information content (AvgIpc) is 2.91. The van der Waals surface area contributed by atoms with E-state index in [2.05, 4.69) is 5.32 Å². The van der Waals surface area contributed by atoms with Gasteiger partial charge < -0.3 is 10.2 Å². The van der Waals surface area contributed by atoms with Crippen LogP contribution in [-0.2, 0) is 26.2 Å². The molecule has 3 rings (SSSR count). The molecule has 0 heterocycles. The van der Waals surface area contributed by atoms with Gasteiger partial charge in [0.2, 0.25) is 11.8 Å². The largest absolute Gasteiger partial charge is 0.354 e. The molecule has 7 nitrogen and oxygen atoms in total. The van der Waals surface area contributed by atoms with E-state index in [4.69, 9.17) is 0 Å². The van der Waals surface area contributed by atoms with Crippen LogP contribution in [0.3, 0.4) is 0 Å². The second kappa shape index (κ2) is 12.7. The molecule has 0 saturated carbocycles. The van der Waals surface area contributed by atoms with Gasteiger partial charge in [-0.1, -0.05) is 67.1 Å². The molecular weight excluding hydrogens is 498 g/mol. The first kappa shape index (κ1) is 28.9. The molecule has 2 amide bonds. The van der Waals surface area contributed by atoms with Gasteiger partial charge in [0.25, 0.3) is 10.0 Å². The van der Waals surface area contributed by atoms with Crippen molar-refractivity contribution in [3.63, 3.8) is 0 Å². The van der Waals surface area contributed by atoms with Gasteiger partial charge >= 0.3 is 0 Å². The smallest absolute Gasteiger partial charge is 0.264 e. The normalized spacial score (nSPS) is 12.0. The molecule has 0 fully saturated rings. The summed E-state index contributed by atoms with van der Waals surface area (Å²) in [4.78, 5) is 28.4. The molecule has 0 spiro atoms. The van der Waals surface area contributed by atoms with Crippen molar-refractivity contribution in [3.8, 4) is 0 Å². The van der Waals surface area contributed by atoms with Crippen molar-refractivity contribution in [2.75, 3.05) is 17.4 Å². The second-order valence-electron chi connectivity index (χ2n) is 9.59. The third-order valence-corrected chi connectivity index (χ3v) is 8.21. The molecule has 3 aromatic carbocycles. The molecule has 0 radical (unpaired) electrons. The van der Waals surface area contributed by atoms with Gasteiger partial charge in [-0.3, -0.25) is 13.9 Å². The molecule has 3 aromatic rings. The first-order valence-electron chi connectivity index (χ1n) is 12.8. The van der Waals surface area contributed by atoms with E-state index in [1.807, 2.05) is 64.1 Å². The third kappa shape index (κ3) is 7.01. The van der Waals surface area contributed by atoms with E-state index in [-0.39, 0.29) is 17.3 Å². The minimum Gasteiger partial charge on any atom is -0.354 e. The number of carbonyl (C=O) groups is 2. The molecule has 0 aromatic heterocycles. The summed E-state index contributed by atoms with van der Waals surface area (Å²) in [5, 5.41) is 2.86. The molecule has 202 valence electrons. The maximum atomic E-state index is 13.9. The summed E-state index contributed by atoms with van der Waals surface area (Å²) in [6.45, 7) is 9.52. The van der Waals surface area contributed by atoms with Gasteiger partial charge in [0.1, 0.15) is 12.6 Å². The summed E-state index contributed by atoms with van der Waals surface area (Å²) in [7, 11) is -4.08. The first-order chi connectivity index (χ1) is 18.0. The van der Waals surface area contributed by atoms with E-state index >= 15 is 0 Å². The zero-order valence-corrected chi connectivity index (χ0v) is 23.6. The molecule has 8 heteroatoms. The molecular formula is C30H37N3O4S. The average molecular weight is 536 g/mol. The van der Waals surface area contributed by atoms with Crippen molar-refractivity contribution >= 4 is 27.5 Å². The van der Waals surface area contributed by atoms with Crippen LogP contribution < -0.4 is 9.62 Å². The lowest BCUT2D eigenvalue weighted by Crippen LogP contribution is -2.51. The van der Waals surface area contributed by atoms with E-state index < -0.39 is 28.5 Å². The van der Waals surface area contributed by atoms with Crippen LogP contribution in [0.15, 0.2) is 77.7 Å². The second-order valence-corrected chi connectivity index (χ2v) is 11.5. The van der Waals surface area contributed by atoms with Crippen molar-refractivity contribution in [1.29, 1.82) is 0 Å². The van der Waals surface area contributed by atoms with E-state index in [1.54, 1.807) is 31.2 Å². The summed E-state index contributed by atoms with van der Waals surface area (Å²) in [6, 6.07) is 20.5. The summed E-state index contributed by atoms with van der Waals surface area (Å²) in [5.41, 5.74) is 3.95. The number of rotatable bonds is 11. The Hall–Kier alpha value is -3.65. The van der Waals surface area contributed by atoms with Crippen molar-refractivity contribution in [3.05, 3.63) is 95.1 Å². The molecule has 0 saturated heterocycles. The highest BCUT2D eigenvalue weighted by Crippen LogP contribution is 2.28. The van der Waals surface area contributed by atoms with Crippen LogP contribution in [-0.4, -0.2) is 44.3 Å². The van der Waals surface area contributed by atoms with Crippen LogP contribution in [0.5, 0.6) is 0 Å². The minimum atomic E-state index is -4.08. The van der Waals surface area contributed by atoms with Gasteiger partial charge in [-0.05, 0) is 69.0 Å². The van der Waals surface area contributed by atoms with Crippen LogP contribution in [0.4, 0.5) is 5.69 Å². The van der Waals surface area contributed by atoms with E-state index in [0.29, 0.717) is 12.2 Å². The Bertz CT molecular complexity index is 1360. The van der Waals surface area contributed by atoms with Gasteiger partial charge in [-0.2, -0.15) is 0 Å². The number of sulfonamides is 1. The highest BCUT2D eigenvalue weighted by Gasteiger charge is 2.33. The lowest BCUT2D eigenvalue weighted by atomic mass is 10.1. The predicted octanol–water partition coefficient (Wildman–Crippen LogP) is 4.75. The van der Waals surface area contributed by atoms with Crippen LogP contribution >= 0.6 is 0 Å². The number of hydrogen-bond acceptors (Lipinski definition) is 4. The van der Waals surface area contributed by atoms with E-state index in [1.165, 1.54) is 17.0 Å². The van der Waals surface area contributed by atoms with Crippen molar-refractivity contribution < 1.29 is 18.0 Å². The van der Waals surface area contributed by atoms with Gasteiger partial charge in [-0.25, -0.2) is 8.42 Å². The Kier molecular flexibility index (Phi) is 9.69. The van der Waals surface area contributed by atoms with Crippen molar-refractivity contribution in [2.24, 2.45) is 0 Å². The van der Waals surface area contributed by atoms with Crippen LogP contribution in [0, 0.1) is 20.8 Å². The fraction of sp³-hybridized carbons (Fsp3) is 0.333. The third-order valence-electron chi connectivity index (χ3n) is 6.43. The summed E-state index contributed by atoms with van der Waals surface area (Å²) in [5.74, 6) is -0.748. The fourth-order valence-corrected chi connectivity index (χ4v) is 5.58. The van der Waals surface area contributed by atoms with E-state index in [0.717, 1.165) is 33.0 Å². The Morgan fingerprint density at radius 1 is 0.895 bits per heavy atom. The zero-order chi connectivity index (χ0) is 27.9. The Morgan fingerprint density at radius 2 is 1.53 bits per heavy atom. The van der Waals surface area contributed by atoms with Crippen LogP contribution in [0.25, 0.3) is 0 Å². The molecule has 0 aliphatic heterocycles. The maximum Gasteiger partial charge on any atom is 0.264 e. The lowest BCUT2D eigenvalue weighted by Gasteiger charge is -2.32. The van der Waals surface area contributed by atoms with Gasteiger partial charge in [0.15, 0.2) is 0 Å². The molecule has 1 unspecified atom stereocenters. The predicted molar refractivity (Wildman–Crippen MR) is 151 cm³/mol. The van der Waals surface area contributed by atoms with Crippen LogP contribution in [0.2, 0.25) is 0 Å². The Balaban J connectivity index is 2.04. The number of benzene rings is 3. The zero-order valence-electron chi connectivity index (χ0n) is 22.8. The van der Waals surface area contributed by atoms with E-state index in [9.17, 15) is 18.0 Å². The first-order valence-corrected chi connectivity index (χ1v) is 14.3. The molecule has 1 atom stereocenters. The topological polar surface area (TPSA) is 86.8 Å². The quantitative estimate of drug-likeness (QED) is 0.384. The number of nitrogens with zero attached hydrogens (tertiary/aromatic N) is 2. The van der Waals surface area contributed by atoms with Crippen molar-refractivity contribution in [1.82, 2.24) is 10.2 Å². The van der Waals surface area contributed by atoms with Crippen molar-refractivity contribution in [2.45, 2.75) is 58.5 Å². The molecule has 0 aliphatic carbocycles. The maximum absolute atomic E-state index is 13.9. The summed E-state index contributed by atoms with van der Waals surface area (Å²) in [6.07, 6.45) is 0.764. The highest BCUT2D eigenvalue weighted by atomic mass is 32.2. The molecule has 1 N–H and O–H groups in total. The van der Waals surface area contributed by atoms with Gasteiger partial charge in [0, 0.05) is 13.1 Å². The Morgan fingerprint density at radius 3 is 2.16 bits per heavy atom. The number of amides is 2. The minimum absolute atomic E-state index is 0.0903. The van der Waals surface area contributed by atoms with Gasteiger partial charge in [-0.15, -0.1) is 0 Å².